The molecule has 0 atom stereocenters. The van der Waals surface area contributed by atoms with Crippen LogP contribution in [0.4, 0.5) is 0 Å². The Kier molecular flexibility index (Phi) is 3.17. The van der Waals surface area contributed by atoms with Crippen LogP contribution in [0, 0.1) is 0 Å². The Labute approximate surface area is 58.7 Å². The van der Waals surface area contributed by atoms with Crippen LogP contribution < -0.4 is 5.73 Å². The van der Waals surface area contributed by atoms with Gasteiger partial charge in [-0.05, 0) is 6.92 Å². The van der Waals surface area contributed by atoms with Crippen LogP contribution in [0.3, 0.4) is 0 Å². The number of nitrogens with two attached hydrogens (primary N) is 1. The van der Waals surface area contributed by atoms with Crippen molar-refractivity contribution in [3.05, 3.63) is 11.6 Å². The molecular formula is C6H9NO3. The Bertz CT molecular complexity index is 183. The number of ether oxygens (including phenoxy) is 1. The van der Waals surface area contributed by atoms with Gasteiger partial charge in [-0.3, -0.25) is 4.79 Å². The standard InChI is InChI=1S/C6H9NO3/c1-4(6(7)9)3-5(8)10-2/h3H,1-2H3,(H2,7,9)/b4-3+. The van der Waals surface area contributed by atoms with Crippen LogP contribution in [0.2, 0.25) is 0 Å². The van der Waals surface area contributed by atoms with Crippen LogP contribution in [-0.4, -0.2) is 19.0 Å². The predicted octanol–water partition coefficient (Wildman–Crippen LogP) is -0.409. The highest BCUT2D eigenvalue weighted by molar-refractivity contribution is 5.97. The number of methoxy groups -OCH3 is 1. The highest BCUT2D eigenvalue weighted by atomic mass is 16.5. The molecule has 0 fully saturated rings. The molecule has 4 heteroatoms. The minimum absolute atomic E-state index is 0.187. The van der Waals surface area contributed by atoms with E-state index in [0.717, 1.165) is 6.08 Å². The van der Waals surface area contributed by atoms with Gasteiger partial charge in [0.2, 0.25) is 5.91 Å². The molecule has 0 saturated carbocycles. The smallest absolute Gasteiger partial charge is 0.330 e. The summed E-state index contributed by atoms with van der Waals surface area (Å²) in [6.07, 6.45) is 1.04. The molecule has 56 valence electrons. The molecule has 0 aromatic carbocycles. The monoisotopic (exact) mass is 143 g/mol. The van der Waals surface area contributed by atoms with Gasteiger partial charge in [0.15, 0.2) is 0 Å². The molecule has 0 aliphatic heterocycles. The summed E-state index contributed by atoms with van der Waals surface area (Å²) in [6.45, 7) is 1.44. The lowest BCUT2D eigenvalue weighted by Crippen LogP contribution is -2.13. The lowest BCUT2D eigenvalue weighted by molar-refractivity contribution is -0.135. The Balaban J connectivity index is 4.16. The second-order valence-electron chi connectivity index (χ2n) is 1.71. The number of esters is 1. The number of hydrogen-bond acceptors (Lipinski definition) is 3. The first-order valence-electron chi connectivity index (χ1n) is 2.64. The third-order valence-electron chi connectivity index (χ3n) is 0.924. The van der Waals surface area contributed by atoms with Crippen molar-refractivity contribution in [2.75, 3.05) is 7.11 Å². The van der Waals surface area contributed by atoms with Crippen molar-refractivity contribution >= 4 is 11.9 Å². The summed E-state index contributed by atoms with van der Waals surface area (Å²) in [5.74, 6) is -1.19. The minimum Gasteiger partial charge on any atom is -0.466 e. The van der Waals surface area contributed by atoms with Crippen LogP contribution in [0.1, 0.15) is 6.92 Å². The molecule has 0 spiro atoms. The van der Waals surface area contributed by atoms with Gasteiger partial charge in [0.25, 0.3) is 0 Å². The second-order valence-corrected chi connectivity index (χ2v) is 1.71. The van der Waals surface area contributed by atoms with Crippen LogP contribution in [0.25, 0.3) is 0 Å². The van der Waals surface area contributed by atoms with E-state index in [-0.39, 0.29) is 5.57 Å². The summed E-state index contributed by atoms with van der Waals surface area (Å²) in [7, 11) is 1.23. The number of rotatable bonds is 2. The molecule has 0 bridgehead atoms. The molecule has 0 rings (SSSR count). The van der Waals surface area contributed by atoms with Crippen LogP contribution >= 0.6 is 0 Å². The fourth-order valence-corrected chi connectivity index (χ4v) is 0.307. The van der Waals surface area contributed by atoms with E-state index >= 15 is 0 Å². The number of carbonyl (C=O) groups excluding carboxylic acids is 2. The minimum atomic E-state index is -0.620. The highest BCUT2D eigenvalue weighted by Crippen LogP contribution is 1.90. The normalized spacial score (nSPS) is 10.8. The molecule has 0 radical (unpaired) electrons. The van der Waals surface area contributed by atoms with E-state index in [2.05, 4.69) is 4.74 Å². The van der Waals surface area contributed by atoms with E-state index in [4.69, 9.17) is 5.73 Å². The largest absolute Gasteiger partial charge is 0.466 e. The summed E-state index contributed by atoms with van der Waals surface area (Å²) < 4.78 is 4.25. The lowest BCUT2D eigenvalue weighted by Gasteiger charge is -1.92. The van der Waals surface area contributed by atoms with Gasteiger partial charge in [0.05, 0.1) is 7.11 Å². The summed E-state index contributed by atoms with van der Waals surface area (Å²) in [5.41, 5.74) is 5.01. The molecule has 0 unspecified atom stereocenters. The van der Waals surface area contributed by atoms with E-state index in [1.807, 2.05) is 0 Å². The van der Waals surface area contributed by atoms with Gasteiger partial charge in [-0.25, -0.2) is 4.79 Å². The van der Waals surface area contributed by atoms with Crippen molar-refractivity contribution in [1.82, 2.24) is 0 Å². The molecule has 10 heavy (non-hydrogen) atoms. The third-order valence-corrected chi connectivity index (χ3v) is 0.924. The summed E-state index contributed by atoms with van der Waals surface area (Å²) in [5, 5.41) is 0. The molecule has 0 aliphatic carbocycles. The predicted molar refractivity (Wildman–Crippen MR) is 35.0 cm³/mol. The molecule has 1 amide bonds. The Hall–Kier alpha value is -1.32. The van der Waals surface area contributed by atoms with Gasteiger partial charge >= 0.3 is 5.97 Å². The Morgan fingerprint density at radius 3 is 2.30 bits per heavy atom. The molecule has 0 aromatic heterocycles. The summed E-state index contributed by atoms with van der Waals surface area (Å²) in [4.78, 5) is 20.7. The van der Waals surface area contributed by atoms with Crippen LogP contribution in [0.5, 0.6) is 0 Å². The molecule has 4 nitrogen and oxygen atoms in total. The number of primary amides is 1. The van der Waals surface area contributed by atoms with E-state index < -0.39 is 11.9 Å². The third kappa shape index (κ3) is 2.86. The second kappa shape index (κ2) is 3.66. The SMILES string of the molecule is COC(=O)/C=C(\C)C(N)=O. The van der Waals surface area contributed by atoms with E-state index in [1.54, 1.807) is 0 Å². The van der Waals surface area contributed by atoms with Crippen molar-refractivity contribution in [1.29, 1.82) is 0 Å². The lowest BCUT2D eigenvalue weighted by atomic mass is 10.3. The molecule has 0 aromatic rings. The van der Waals surface area contributed by atoms with Crippen LogP contribution in [0.15, 0.2) is 11.6 Å². The van der Waals surface area contributed by atoms with Gasteiger partial charge in [-0.15, -0.1) is 0 Å². The van der Waals surface area contributed by atoms with Crippen molar-refractivity contribution < 1.29 is 14.3 Å². The van der Waals surface area contributed by atoms with Crippen molar-refractivity contribution in [2.45, 2.75) is 6.92 Å². The number of hydrogen-bond donors (Lipinski definition) is 1. The van der Waals surface area contributed by atoms with Gasteiger partial charge < -0.3 is 10.5 Å². The van der Waals surface area contributed by atoms with E-state index in [0.29, 0.717) is 0 Å². The first kappa shape index (κ1) is 8.68. The summed E-state index contributed by atoms with van der Waals surface area (Å²) >= 11 is 0. The van der Waals surface area contributed by atoms with E-state index in [1.165, 1.54) is 14.0 Å². The van der Waals surface area contributed by atoms with E-state index in [9.17, 15) is 9.59 Å². The maximum atomic E-state index is 10.4. The zero-order valence-corrected chi connectivity index (χ0v) is 5.88. The van der Waals surface area contributed by atoms with Crippen molar-refractivity contribution in [3.63, 3.8) is 0 Å². The average Bonchev–Trinajstić information content (AvgIpc) is 1.87. The molecule has 0 heterocycles. The Morgan fingerprint density at radius 2 is 2.00 bits per heavy atom. The zero-order chi connectivity index (χ0) is 8.15. The maximum Gasteiger partial charge on any atom is 0.330 e. The molecular weight excluding hydrogens is 134 g/mol. The molecule has 2 N–H and O–H groups in total. The maximum absolute atomic E-state index is 10.4. The molecule has 0 saturated heterocycles. The Morgan fingerprint density at radius 1 is 1.50 bits per heavy atom. The summed E-state index contributed by atoms with van der Waals surface area (Å²) in [6, 6.07) is 0. The van der Waals surface area contributed by atoms with Crippen molar-refractivity contribution in [2.24, 2.45) is 5.73 Å². The highest BCUT2D eigenvalue weighted by Gasteiger charge is 2.00. The van der Waals surface area contributed by atoms with Crippen molar-refractivity contribution in [3.8, 4) is 0 Å². The molecule has 0 aliphatic rings. The first-order chi connectivity index (χ1) is 4.57. The average molecular weight is 143 g/mol. The number of amides is 1. The van der Waals surface area contributed by atoms with Gasteiger partial charge in [-0.1, -0.05) is 0 Å². The van der Waals surface area contributed by atoms with Gasteiger partial charge in [0, 0.05) is 11.6 Å². The fraction of sp³-hybridized carbons (Fsp3) is 0.333. The van der Waals surface area contributed by atoms with Gasteiger partial charge in [-0.2, -0.15) is 0 Å². The fourth-order valence-electron chi connectivity index (χ4n) is 0.307. The zero-order valence-electron chi connectivity index (χ0n) is 5.88. The number of carbonyl (C=O) groups is 2. The van der Waals surface area contributed by atoms with Gasteiger partial charge in [0.1, 0.15) is 0 Å². The van der Waals surface area contributed by atoms with Crippen LogP contribution in [-0.2, 0) is 14.3 Å². The quantitative estimate of drug-likeness (QED) is 0.422. The topological polar surface area (TPSA) is 69.4 Å². The first-order valence-corrected chi connectivity index (χ1v) is 2.64.